The molecule has 2 aliphatic heterocycles. The summed E-state index contributed by atoms with van der Waals surface area (Å²) in [6, 6.07) is 20.9. The van der Waals surface area contributed by atoms with Crippen molar-refractivity contribution in [3.05, 3.63) is 106 Å². The number of unbranched alkanes of at least 4 members (excludes halogenated alkanes) is 5. The van der Waals surface area contributed by atoms with E-state index in [-0.39, 0.29) is 51.7 Å². The Morgan fingerprint density at radius 2 is 1.51 bits per heavy atom. The number of ether oxygens (including phenoxy) is 2. The molecule has 1 saturated heterocycles. The Morgan fingerprint density at radius 3 is 2.27 bits per heavy atom. The van der Waals surface area contributed by atoms with Crippen molar-refractivity contribution in [2.45, 2.75) is 82.2 Å². The second-order valence-electron chi connectivity index (χ2n) is 15.8. The van der Waals surface area contributed by atoms with Crippen molar-refractivity contribution in [2.24, 2.45) is 14.1 Å². The fourth-order valence-corrected chi connectivity index (χ4v) is 9.01. The zero-order valence-corrected chi connectivity index (χ0v) is 36.5. The summed E-state index contributed by atoms with van der Waals surface area (Å²) in [4.78, 5) is 64.5. The highest BCUT2D eigenvalue weighted by molar-refractivity contribution is 7.92. The normalized spacial score (nSPS) is 15.0. The molecule has 0 aliphatic carbocycles. The van der Waals surface area contributed by atoms with Gasteiger partial charge in [0.2, 0.25) is 11.8 Å². The van der Waals surface area contributed by atoms with Crippen molar-refractivity contribution in [2.75, 3.05) is 29.7 Å². The molecule has 4 N–H and O–H groups in total. The second kappa shape index (κ2) is 19.6. The molecule has 7 rings (SSSR count). The van der Waals surface area contributed by atoms with Crippen LogP contribution in [0.2, 0.25) is 0 Å². The molecule has 17 heteroatoms. The Bertz CT molecular complexity index is 2710. The summed E-state index contributed by atoms with van der Waals surface area (Å²) in [5, 5.41) is 8.70. The number of benzene rings is 4. The number of nitrogens with zero attached hydrogens (tertiary/aromatic N) is 3. The zero-order chi connectivity index (χ0) is 44.7. The monoisotopic (exact) mass is 879 g/mol. The Labute approximate surface area is 366 Å². The van der Waals surface area contributed by atoms with Crippen LogP contribution >= 0.6 is 0 Å². The number of imidazole rings is 1. The zero-order valence-electron chi connectivity index (χ0n) is 35.7. The maximum Gasteiger partial charge on any atom is 0.328 e. The summed E-state index contributed by atoms with van der Waals surface area (Å²) < 4.78 is 45.2. The lowest BCUT2D eigenvalue weighted by atomic mass is 10.0. The van der Waals surface area contributed by atoms with Crippen LogP contribution in [0.1, 0.15) is 91.0 Å². The largest absolute Gasteiger partial charge is 0.493 e. The van der Waals surface area contributed by atoms with Crippen LogP contribution in [0.25, 0.3) is 11.0 Å². The number of aryl methyl sites for hydroxylation is 2. The number of hydrogen-bond donors (Lipinski definition) is 4. The van der Waals surface area contributed by atoms with Gasteiger partial charge in [-0.15, -0.1) is 0 Å². The summed E-state index contributed by atoms with van der Waals surface area (Å²) in [5.74, 6) is -0.149. The van der Waals surface area contributed by atoms with E-state index < -0.39 is 22.0 Å². The van der Waals surface area contributed by atoms with E-state index in [1.165, 1.54) is 27.3 Å². The summed E-state index contributed by atoms with van der Waals surface area (Å²) in [6.07, 6.45) is 6.95. The number of fused-ring (bicyclic) bond motifs is 2. The first-order chi connectivity index (χ1) is 30.3. The molecular weight excluding hydrogens is 827 g/mol. The topological polar surface area (TPSA) is 199 Å². The predicted octanol–water partition coefficient (Wildman–Crippen LogP) is 6.20. The van der Waals surface area contributed by atoms with Crippen molar-refractivity contribution in [1.82, 2.24) is 24.7 Å². The minimum Gasteiger partial charge on any atom is -0.493 e. The van der Waals surface area contributed by atoms with Gasteiger partial charge in [-0.05, 0) is 74.2 Å². The summed E-state index contributed by atoms with van der Waals surface area (Å²) in [7, 11) is -1.00. The van der Waals surface area contributed by atoms with Crippen LogP contribution in [0.4, 0.5) is 11.4 Å². The van der Waals surface area contributed by atoms with Crippen molar-refractivity contribution in [3.8, 4) is 17.2 Å². The third-order valence-electron chi connectivity index (χ3n) is 11.3. The first-order valence-corrected chi connectivity index (χ1v) is 22.8. The number of imide groups is 1. The van der Waals surface area contributed by atoms with Gasteiger partial charge in [-0.1, -0.05) is 50.8 Å². The standard InChI is InChI=1S/C46H53N7O9S/c1-4-24-61-31-15-12-16-32(26-31)62-41-28-40-39(51(2)46(58)52(40)3)27-37(41)50-63(59,60)33-17-11-14-30(25-33)43(55)48-23-10-8-6-5-7-9-22-47-36-19-13-18-34-35(36)29-53(45(34)57)38-20-21-42(54)49-44(38)56/h11-19,25-28,38,47,50H,4-10,20-24,29H2,1-3H3,(H,48,55)(H,49,54,56). The minimum atomic E-state index is -4.23. The van der Waals surface area contributed by atoms with Crippen LogP contribution in [-0.4, -0.2) is 71.8 Å². The number of hydrogen-bond acceptors (Lipinski definition) is 10. The molecule has 1 fully saturated rings. The van der Waals surface area contributed by atoms with Gasteiger partial charge in [0, 0.05) is 74.7 Å². The molecule has 0 bridgehead atoms. The van der Waals surface area contributed by atoms with Crippen LogP contribution in [0, 0.1) is 0 Å². The van der Waals surface area contributed by atoms with Gasteiger partial charge in [0.1, 0.15) is 17.5 Å². The second-order valence-corrected chi connectivity index (χ2v) is 17.5. The highest BCUT2D eigenvalue weighted by Gasteiger charge is 2.39. The van der Waals surface area contributed by atoms with E-state index in [4.69, 9.17) is 9.47 Å². The Balaban J connectivity index is 0.873. The number of aromatic nitrogens is 2. The van der Waals surface area contributed by atoms with Gasteiger partial charge in [-0.3, -0.25) is 38.4 Å². The lowest BCUT2D eigenvalue weighted by Crippen LogP contribution is -2.52. The number of anilines is 2. The number of nitrogens with one attached hydrogen (secondary N) is 4. The first-order valence-electron chi connectivity index (χ1n) is 21.4. The molecule has 0 saturated carbocycles. The molecule has 4 aromatic carbocycles. The molecule has 63 heavy (non-hydrogen) atoms. The van der Waals surface area contributed by atoms with Crippen LogP contribution < -0.4 is 35.8 Å². The summed E-state index contributed by atoms with van der Waals surface area (Å²) in [5.41, 5.74) is 3.37. The van der Waals surface area contributed by atoms with Crippen molar-refractivity contribution >= 4 is 56.1 Å². The van der Waals surface area contributed by atoms with E-state index in [1.54, 1.807) is 67.5 Å². The summed E-state index contributed by atoms with van der Waals surface area (Å²) >= 11 is 0. The van der Waals surface area contributed by atoms with Gasteiger partial charge >= 0.3 is 5.69 Å². The number of sulfonamides is 1. The SMILES string of the molecule is CCCOc1cccc(Oc2cc3c(cc2NS(=O)(=O)c2cccc(C(=O)NCCCCCCCCNc4cccc5c4CN(C4CCC(=O)NC4=O)C5=O)c2)n(C)c(=O)n3C)c1. The van der Waals surface area contributed by atoms with Crippen LogP contribution in [0.3, 0.4) is 0 Å². The van der Waals surface area contributed by atoms with E-state index in [9.17, 15) is 32.4 Å². The Kier molecular flexibility index (Phi) is 13.8. The van der Waals surface area contributed by atoms with Gasteiger partial charge in [0.05, 0.1) is 28.2 Å². The molecule has 16 nitrogen and oxygen atoms in total. The molecule has 5 aromatic rings. The number of carbonyl (C=O) groups excluding carboxylic acids is 4. The summed E-state index contributed by atoms with van der Waals surface area (Å²) in [6.45, 7) is 4.01. The predicted molar refractivity (Wildman–Crippen MR) is 239 cm³/mol. The fourth-order valence-electron chi connectivity index (χ4n) is 7.91. The van der Waals surface area contributed by atoms with Crippen molar-refractivity contribution in [3.63, 3.8) is 0 Å². The third kappa shape index (κ3) is 10.2. The van der Waals surface area contributed by atoms with E-state index >= 15 is 0 Å². The molecule has 2 aliphatic rings. The highest BCUT2D eigenvalue weighted by atomic mass is 32.2. The average molecular weight is 880 g/mol. The van der Waals surface area contributed by atoms with E-state index in [0.717, 1.165) is 62.7 Å². The fraction of sp³-hybridized carbons (Fsp3) is 0.370. The minimum absolute atomic E-state index is 0.104. The Morgan fingerprint density at radius 1 is 0.810 bits per heavy atom. The van der Waals surface area contributed by atoms with Gasteiger partial charge in [-0.25, -0.2) is 13.2 Å². The highest BCUT2D eigenvalue weighted by Crippen LogP contribution is 2.36. The number of piperidine rings is 1. The molecular formula is C46H53N7O9S. The quantitative estimate of drug-likeness (QED) is 0.0516. The van der Waals surface area contributed by atoms with Gasteiger partial charge in [-0.2, -0.15) is 0 Å². The molecule has 1 atom stereocenters. The first kappa shape index (κ1) is 44.4. The molecule has 0 spiro atoms. The lowest BCUT2D eigenvalue weighted by molar-refractivity contribution is -0.136. The lowest BCUT2D eigenvalue weighted by Gasteiger charge is -2.29. The maximum absolute atomic E-state index is 13.9. The van der Waals surface area contributed by atoms with Crippen LogP contribution in [0.5, 0.6) is 17.2 Å². The van der Waals surface area contributed by atoms with E-state index in [0.29, 0.717) is 54.2 Å². The smallest absolute Gasteiger partial charge is 0.328 e. The van der Waals surface area contributed by atoms with Gasteiger partial charge in [0.25, 0.3) is 21.8 Å². The van der Waals surface area contributed by atoms with Crippen molar-refractivity contribution in [1.29, 1.82) is 0 Å². The maximum atomic E-state index is 13.9. The molecule has 1 unspecified atom stereocenters. The van der Waals surface area contributed by atoms with E-state index in [2.05, 4.69) is 20.7 Å². The molecule has 332 valence electrons. The molecule has 1 aromatic heterocycles. The van der Waals surface area contributed by atoms with Gasteiger partial charge < -0.3 is 25.0 Å². The molecule has 0 radical (unpaired) electrons. The van der Waals surface area contributed by atoms with Crippen LogP contribution in [0.15, 0.2) is 88.6 Å². The Hall–Kier alpha value is -6.62. The average Bonchev–Trinajstić information content (AvgIpc) is 3.71. The number of rotatable bonds is 20. The third-order valence-corrected chi connectivity index (χ3v) is 12.7. The van der Waals surface area contributed by atoms with Crippen molar-refractivity contribution < 1.29 is 37.1 Å². The van der Waals surface area contributed by atoms with Gasteiger partial charge in [0.15, 0.2) is 5.75 Å². The van der Waals surface area contributed by atoms with E-state index in [1.807, 2.05) is 19.1 Å². The molecule has 4 amide bonds. The molecule has 3 heterocycles. The number of carbonyl (C=O) groups is 4. The van der Waals surface area contributed by atoms with Crippen LogP contribution in [-0.2, 0) is 40.3 Å². The number of amides is 4.